The Labute approximate surface area is 160 Å². The molecule has 0 aliphatic heterocycles. The Morgan fingerprint density at radius 3 is 2.77 bits per heavy atom. The van der Waals surface area contributed by atoms with E-state index in [0.29, 0.717) is 24.3 Å². The van der Waals surface area contributed by atoms with E-state index in [1.54, 1.807) is 0 Å². The summed E-state index contributed by atoms with van der Waals surface area (Å²) in [5, 5.41) is 10.2. The van der Waals surface area contributed by atoms with Crippen molar-refractivity contribution in [3.05, 3.63) is 34.6 Å². The zero-order chi connectivity index (χ0) is 19.3. The maximum absolute atomic E-state index is 12.3. The average molecular weight is 376 g/mol. The Morgan fingerprint density at radius 2 is 2.12 bits per heavy atom. The van der Waals surface area contributed by atoms with Crippen LogP contribution in [0.25, 0.3) is 11.4 Å². The molecule has 0 fully saturated rings. The average Bonchev–Trinajstić information content (AvgIpc) is 2.91. The molecule has 1 heterocycles. The van der Waals surface area contributed by atoms with Gasteiger partial charge >= 0.3 is 0 Å². The predicted octanol–water partition coefficient (Wildman–Crippen LogP) is 3.01. The van der Waals surface area contributed by atoms with Crippen LogP contribution in [0.4, 0.5) is 0 Å². The Balaban J connectivity index is 1.99. The molecule has 1 amide bonds. The Morgan fingerprint density at radius 1 is 1.38 bits per heavy atom. The lowest BCUT2D eigenvalue weighted by atomic mass is 9.93. The number of nitrogens with one attached hydrogen (secondary N) is 2. The lowest BCUT2D eigenvalue weighted by Gasteiger charge is -2.28. The minimum absolute atomic E-state index is 0.0233. The van der Waals surface area contributed by atoms with Crippen LogP contribution in [0.2, 0.25) is 0 Å². The van der Waals surface area contributed by atoms with Crippen LogP contribution in [0, 0.1) is 17.1 Å². The molecule has 0 atom stereocenters. The normalized spacial score (nSPS) is 11.8. The van der Waals surface area contributed by atoms with E-state index >= 15 is 0 Å². The van der Waals surface area contributed by atoms with Crippen LogP contribution in [-0.2, 0) is 11.3 Å². The van der Waals surface area contributed by atoms with Crippen molar-refractivity contribution in [1.29, 1.82) is 0 Å². The van der Waals surface area contributed by atoms with Crippen molar-refractivity contribution in [3.63, 3.8) is 0 Å². The van der Waals surface area contributed by atoms with Gasteiger partial charge in [-0.15, -0.1) is 0 Å². The van der Waals surface area contributed by atoms with Crippen LogP contribution in [0.5, 0.6) is 0 Å². The highest BCUT2D eigenvalue weighted by Gasteiger charge is 2.20. The fraction of sp³-hybridized carbons (Fsp3) is 0.526. The number of carbonyl (C=O) groups excluding carboxylic acids is 1. The molecule has 0 unspecified atom stereocenters. The van der Waals surface area contributed by atoms with Crippen LogP contribution in [0.1, 0.15) is 25.8 Å². The molecule has 0 aliphatic rings. The maximum Gasteiger partial charge on any atom is 0.221 e. The smallest absolute Gasteiger partial charge is 0.221 e. The summed E-state index contributed by atoms with van der Waals surface area (Å²) in [6, 6.07) is 8.09. The molecule has 1 aromatic carbocycles. The zero-order valence-corrected chi connectivity index (χ0v) is 17.1. The minimum Gasteiger partial charge on any atom is -0.355 e. The van der Waals surface area contributed by atoms with Crippen molar-refractivity contribution < 1.29 is 4.79 Å². The predicted molar refractivity (Wildman–Crippen MR) is 108 cm³/mol. The van der Waals surface area contributed by atoms with Gasteiger partial charge in [0, 0.05) is 31.6 Å². The fourth-order valence-electron chi connectivity index (χ4n) is 3.08. The number of hydrogen-bond donors (Lipinski definition) is 2. The molecule has 0 saturated carbocycles. The first-order valence-electron chi connectivity index (χ1n) is 8.82. The first-order valence-corrected chi connectivity index (χ1v) is 9.22. The van der Waals surface area contributed by atoms with Crippen molar-refractivity contribution in [2.45, 2.75) is 33.7 Å². The molecular formula is C19H29N5OS. The lowest BCUT2D eigenvalue weighted by molar-refractivity contribution is -0.121. The topological polar surface area (TPSA) is 66.0 Å². The van der Waals surface area contributed by atoms with E-state index in [1.807, 2.05) is 43.8 Å². The fourth-order valence-corrected chi connectivity index (χ4v) is 3.30. The third-order valence-electron chi connectivity index (χ3n) is 4.11. The molecule has 2 rings (SSSR count). The number of hydrogen-bond acceptors (Lipinski definition) is 4. The van der Waals surface area contributed by atoms with E-state index in [4.69, 9.17) is 12.2 Å². The van der Waals surface area contributed by atoms with Crippen molar-refractivity contribution in [2.75, 3.05) is 27.2 Å². The van der Waals surface area contributed by atoms with Gasteiger partial charge in [-0.1, -0.05) is 37.6 Å². The number of amides is 1. The number of aromatic amines is 1. The standard InChI is InChI=1S/C19H29N5OS/c1-14-7-6-8-15(11-14)17-21-22-18(26)24(17)10-9-16(25)20-12-19(2,3)13-23(4)5/h6-8,11H,9-10,12-13H2,1-5H3,(H,20,25)(H,22,26). The molecule has 0 radical (unpaired) electrons. The van der Waals surface area contributed by atoms with Crippen LogP contribution < -0.4 is 5.32 Å². The van der Waals surface area contributed by atoms with Gasteiger partial charge in [-0.3, -0.25) is 14.5 Å². The third kappa shape index (κ3) is 5.78. The van der Waals surface area contributed by atoms with Gasteiger partial charge in [0.05, 0.1) is 0 Å². The van der Waals surface area contributed by atoms with Crippen LogP contribution in [0.15, 0.2) is 24.3 Å². The van der Waals surface area contributed by atoms with Gasteiger partial charge in [0.25, 0.3) is 0 Å². The summed E-state index contributed by atoms with van der Waals surface area (Å²) in [5.74, 6) is 0.787. The van der Waals surface area contributed by atoms with Gasteiger partial charge in [-0.05, 0) is 44.7 Å². The van der Waals surface area contributed by atoms with E-state index in [0.717, 1.165) is 23.5 Å². The molecule has 7 heteroatoms. The van der Waals surface area contributed by atoms with Crippen LogP contribution >= 0.6 is 12.2 Å². The second-order valence-electron chi connectivity index (χ2n) is 7.80. The zero-order valence-electron chi connectivity index (χ0n) is 16.3. The van der Waals surface area contributed by atoms with Crippen molar-refractivity contribution in [2.24, 2.45) is 5.41 Å². The van der Waals surface area contributed by atoms with E-state index in [1.165, 1.54) is 0 Å². The number of aromatic nitrogens is 3. The SMILES string of the molecule is Cc1cccc(-c2n[nH]c(=S)n2CCC(=O)NCC(C)(C)CN(C)C)c1. The van der Waals surface area contributed by atoms with Gasteiger partial charge in [0.2, 0.25) is 5.91 Å². The van der Waals surface area contributed by atoms with Crippen molar-refractivity contribution in [1.82, 2.24) is 25.0 Å². The molecule has 0 spiro atoms. The van der Waals surface area contributed by atoms with Gasteiger partial charge in [-0.25, -0.2) is 0 Å². The van der Waals surface area contributed by atoms with E-state index in [2.05, 4.69) is 40.3 Å². The van der Waals surface area contributed by atoms with Gasteiger partial charge in [0.1, 0.15) is 0 Å². The molecule has 2 aromatic rings. The highest BCUT2D eigenvalue weighted by Crippen LogP contribution is 2.19. The second kappa shape index (κ2) is 8.60. The van der Waals surface area contributed by atoms with E-state index < -0.39 is 0 Å². The number of nitrogens with zero attached hydrogens (tertiary/aromatic N) is 3. The monoisotopic (exact) mass is 375 g/mol. The lowest BCUT2D eigenvalue weighted by Crippen LogP contribution is -2.40. The van der Waals surface area contributed by atoms with Gasteiger partial charge in [-0.2, -0.15) is 5.10 Å². The molecule has 0 bridgehead atoms. The molecule has 0 aliphatic carbocycles. The van der Waals surface area contributed by atoms with Gasteiger partial charge < -0.3 is 10.2 Å². The summed E-state index contributed by atoms with van der Waals surface area (Å²) in [7, 11) is 4.08. The molecular weight excluding hydrogens is 346 g/mol. The molecule has 1 aromatic heterocycles. The second-order valence-corrected chi connectivity index (χ2v) is 8.19. The molecule has 2 N–H and O–H groups in total. The van der Waals surface area contributed by atoms with Crippen LogP contribution in [0.3, 0.4) is 0 Å². The number of aryl methyl sites for hydroxylation is 1. The summed E-state index contributed by atoms with van der Waals surface area (Å²) in [6.07, 6.45) is 0.366. The highest BCUT2D eigenvalue weighted by atomic mass is 32.1. The molecule has 142 valence electrons. The quantitative estimate of drug-likeness (QED) is 0.696. The maximum atomic E-state index is 12.3. The molecule has 0 saturated heterocycles. The number of benzene rings is 1. The first-order chi connectivity index (χ1) is 12.2. The summed E-state index contributed by atoms with van der Waals surface area (Å²) in [6.45, 7) is 8.39. The van der Waals surface area contributed by atoms with Crippen molar-refractivity contribution in [3.8, 4) is 11.4 Å². The summed E-state index contributed by atoms with van der Waals surface area (Å²) < 4.78 is 2.41. The Bertz CT molecular complexity index is 806. The number of carbonyl (C=O) groups is 1. The Kier molecular flexibility index (Phi) is 6.72. The van der Waals surface area contributed by atoms with Crippen LogP contribution in [-0.4, -0.2) is 52.8 Å². The number of rotatable bonds is 8. The minimum atomic E-state index is 0.0233. The summed E-state index contributed by atoms with van der Waals surface area (Å²) >= 11 is 5.34. The third-order valence-corrected chi connectivity index (χ3v) is 4.42. The van der Waals surface area contributed by atoms with E-state index in [9.17, 15) is 4.79 Å². The Hall–Kier alpha value is -1.99. The van der Waals surface area contributed by atoms with Crippen molar-refractivity contribution >= 4 is 18.1 Å². The largest absolute Gasteiger partial charge is 0.355 e. The molecule has 6 nitrogen and oxygen atoms in total. The highest BCUT2D eigenvalue weighted by molar-refractivity contribution is 7.71. The van der Waals surface area contributed by atoms with E-state index in [-0.39, 0.29) is 11.3 Å². The van der Waals surface area contributed by atoms with Gasteiger partial charge in [0.15, 0.2) is 10.6 Å². The summed E-state index contributed by atoms with van der Waals surface area (Å²) in [5.41, 5.74) is 2.17. The molecule has 26 heavy (non-hydrogen) atoms. The first kappa shape index (κ1) is 20.3. The summed E-state index contributed by atoms with van der Waals surface area (Å²) in [4.78, 5) is 14.4. The number of H-pyrrole nitrogens is 1.